The normalized spacial score (nSPS) is 12.3. The van der Waals surface area contributed by atoms with Gasteiger partial charge in [0, 0.05) is 21.9 Å². The van der Waals surface area contributed by atoms with Gasteiger partial charge >= 0.3 is 0 Å². The minimum atomic E-state index is 0.492. The molecule has 0 aliphatic carbocycles. The third kappa shape index (κ3) is 5.02. The second-order valence-corrected chi connectivity index (χ2v) is 10.2. The second kappa shape index (κ2) is 11.1. The van der Waals surface area contributed by atoms with E-state index in [1.165, 1.54) is 16.3 Å². The van der Waals surface area contributed by atoms with Gasteiger partial charge in [0.2, 0.25) is 0 Å². The Labute approximate surface area is 244 Å². The Morgan fingerprint density at radius 1 is 0.548 bits per heavy atom. The Morgan fingerprint density at radius 3 is 2.07 bits per heavy atom. The molecule has 0 saturated carbocycles. The fourth-order valence-electron chi connectivity index (χ4n) is 5.28. The van der Waals surface area contributed by atoms with E-state index in [4.69, 9.17) is 14.4 Å². The highest BCUT2D eigenvalue weighted by molar-refractivity contribution is 6.14. The largest absolute Gasteiger partial charge is 0.456 e. The maximum Gasteiger partial charge on any atom is 0.161 e. The molecule has 200 valence electrons. The lowest BCUT2D eigenvalue weighted by Gasteiger charge is -2.06. The van der Waals surface area contributed by atoms with Crippen molar-refractivity contribution < 1.29 is 4.42 Å². The number of furan rings is 1. The van der Waals surface area contributed by atoms with E-state index >= 15 is 0 Å². The minimum Gasteiger partial charge on any atom is -0.456 e. The Hall–Kier alpha value is -5.61. The molecule has 0 spiro atoms. The molecule has 0 fully saturated rings. The summed E-state index contributed by atoms with van der Waals surface area (Å²) in [5.41, 5.74) is 6.79. The van der Waals surface area contributed by atoms with E-state index in [0.717, 1.165) is 44.2 Å². The van der Waals surface area contributed by atoms with Crippen molar-refractivity contribution in [2.75, 3.05) is 0 Å². The molecule has 6 aromatic carbocycles. The number of benzene rings is 6. The summed E-state index contributed by atoms with van der Waals surface area (Å²) in [5.74, 6) is 1.09. The lowest BCUT2D eigenvalue weighted by atomic mass is 9.99. The molecular formula is C38H27N3O. The van der Waals surface area contributed by atoms with Crippen LogP contribution in [0.2, 0.25) is 0 Å². The van der Waals surface area contributed by atoms with Gasteiger partial charge in [0.1, 0.15) is 11.2 Å². The van der Waals surface area contributed by atoms with Crippen LogP contribution in [0.3, 0.4) is 0 Å². The maximum atomic E-state index is 6.34. The van der Waals surface area contributed by atoms with E-state index in [2.05, 4.69) is 96.6 Å². The molecule has 42 heavy (non-hydrogen) atoms. The van der Waals surface area contributed by atoms with Crippen molar-refractivity contribution in [1.82, 2.24) is 0 Å². The zero-order valence-corrected chi connectivity index (χ0v) is 22.9. The van der Waals surface area contributed by atoms with Crippen LogP contribution >= 0.6 is 0 Å². The van der Waals surface area contributed by atoms with Gasteiger partial charge in [-0.05, 0) is 64.5 Å². The van der Waals surface area contributed by atoms with Crippen LogP contribution in [0.25, 0.3) is 43.8 Å². The number of aliphatic imine (C=N–C) groups is 3. The van der Waals surface area contributed by atoms with Crippen LogP contribution in [0.5, 0.6) is 0 Å². The monoisotopic (exact) mass is 541 g/mol. The highest BCUT2D eigenvalue weighted by Crippen LogP contribution is 2.34. The van der Waals surface area contributed by atoms with Gasteiger partial charge in [0.25, 0.3) is 0 Å². The molecule has 0 amide bonds. The van der Waals surface area contributed by atoms with Crippen molar-refractivity contribution in [1.29, 1.82) is 0 Å². The smallest absolute Gasteiger partial charge is 0.161 e. The first-order chi connectivity index (χ1) is 20.7. The third-order valence-corrected chi connectivity index (χ3v) is 7.46. The number of fused-ring (bicyclic) bond motifs is 4. The second-order valence-electron chi connectivity index (χ2n) is 10.2. The first-order valence-corrected chi connectivity index (χ1v) is 13.9. The SMILES string of the molecule is C=NC(=NC(=NCc1ccccc1)c1ccc2c(c1)oc1ccc(-c3ccc4ccccc4c3)cc12)c1ccccc1. The summed E-state index contributed by atoms with van der Waals surface area (Å²) in [6, 6.07) is 47.6. The lowest BCUT2D eigenvalue weighted by Crippen LogP contribution is -2.05. The molecule has 7 aromatic rings. The van der Waals surface area contributed by atoms with Gasteiger partial charge in [-0.3, -0.25) is 4.99 Å². The van der Waals surface area contributed by atoms with Crippen molar-refractivity contribution in [3.63, 3.8) is 0 Å². The summed E-state index contributed by atoms with van der Waals surface area (Å²) in [7, 11) is 0. The standard InChI is InChI=1S/C38H27N3O/c1-39-37(28-13-6-3-7-14-28)41-38(40-25-26-10-4-2-5-11-26)32-18-20-33-34-23-31(19-21-35(34)42-36(33)24-32)30-17-16-27-12-8-9-15-29(27)22-30/h2-24H,1,25H2. The molecule has 0 N–H and O–H groups in total. The van der Waals surface area contributed by atoms with Crippen molar-refractivity contribution in [2.45, 2.75) is 6.54 Å². The van der Waals surface area contributed by atoms with Gasteiger partial charge in [-0.1, -0.05) is 109 Å². The van der Waals surface area contributed by atoms with E-state index in [1.54, 1.807) is 0 Å². The highest BCUT2D eigenvalue weighted by atomic mass is 16.3. The van der Waals surface area contributed by atoms with Crippen LogP contribution in [0, 0.1) is 0 Å². The van der Waals surface area contributed by atoms with Gasteiger partial charge in [-0.25, -0.2) is 9.98 Å². The van der Waals surface area contributed by atoms with Crippen LogP contribution in [-0.4, -0.2) is 18.4 Å². The molecule has 0 aliphatic rings. The van der Waals surface area contributed by atoms with Crippen LogP contribution in [0.4, 0.5) is 0 Å². The first kappa shape index (κ1) is 25.4. The van der Waals surface area contributed by atoms with Gasteiger partial charge in [-0.15, -0.1) is 0 Å². The van der Waals surface area contributed by atoms with Crippen LogP contribution in [0.15, 0.2) is 159 Å². The number of nitrogens with zero attached hydrogens (tertiary/aromatic N) is 3. The topological polar surface area (TPSA) is 50.2 Å². The Bertz CT molecular complexity index is 2120. The summed E-state index contributed by atoms with van der Waals surface area (Å²) < 4.78 is 6.34. The fourth-order valence-corrected chi connectivity index (χ4v) is 5.28. The zero-order chi connectivity index (χ0) is 28.3. The number of amidine groups is 2. The summed E-state index contributed by atoms with van der Waals surface area (Å²) in [4.78, 5) is 14.0. The lowest BCUT2D eigenvalue weighted by molar-refractivity contribution is 0.669. The molecule has 0 aliphatic heterocycles. The molecule has 4 heteroatoms. The highest BCUT2D eigenvalue weighted by Gasteiger charge is 2.13. The first-order valence-electron chi connectivity index (χ1n) is 13.9. The fraction of sp³-hybridized carbons (Fsp3) is 0.0263. The summed E-state index contributed by atoms with van der Waals surface area (Å²) >= 11 is 0. The van der Waals surface area contributed by atoms with Gasteiger partial charge in [0.05, 0.1) is 6.54 Å². The Balaban J connectivity index is 1.31. The number of hydrogen-bond acceptors (Lipinski definition) is 2. The van der Waals surface area contributed by atoms with E-state index in [-0.39, 0.29) is 0 Å². The third-order valence-electron chi connectivity index (χ3n) is 7.46. The van der Waals surface area contributed by atoms with Gasteiger partial charge < -0.3 is 4.42 Å². The molecule has 4 nitrogen and oxygen atoms in total. The maximum absolute atomic E-state index is 6.34. The van der Waals surface area contributed by atoms with Crippen molar-refractivity contribution in [2.24, 2.45) is 15.0 Å². The van der Waals surface area contributed by atoms with Crippen LogP contribution < -0.4 is 0 Å². The van der Waals surface area contributed by atoms with Crippen molar-refractivity contribution in [3.05, 3.63) is 156 Å². The summed E-state index contributed by atoms with van der Waals surface area (Å²) in [6.45, 7) is 4.27. The van der Waals surface area contributed by atoms with Gasteiger partial charge in [0.15, 0.2) is 11.7 Å². The van der Waals surface area contributed by atoms with E-state index < -0.39 is 0 Å². The molecule has 0 saturated heterocycles. The van der Waals surface area contributed by atoms with Crippen LogP contribution in [0.1, 0.15) is 16.7 Å². The average molecular weight is 542 g/mol. The number of rotatable bonds is 5. The molecule has 0 bridgehead atoms. The molecule has 0 atom stereocenters. The minimum absolute atomic E-state index is 0.492. The molecule has 7 rings (SSSR count). The quantitative estimate of drug-likeness (QED) is 0.158. The molecule has 1 heterocycles. The molecule has 0 radical (unpaired) electrons. The van der Waals surface area contributed by atoms with Crippen LogP contribution in [-0.2, 0) is 6.54 Å². The van der Waals surface area contributed by atoms with E-state index in [9.17, 15) is 0 Å². The number of hydrogen-bond donors (Lipinski definition) is 0. The summed E-state index contributed by atoms with van der Waals surface area (Å²) in [6.07, 6.45) is 0. The van der Waals surface area contributed by atoms with E-state index in [0.29, 0.717) is 18.2 Å². The molecule has 0 unspecified atom stereocenters. The Kier molecular flexibility index (Phi) is 6.71. The molecule has 1 aromatic heterocycles. The molecular weight excluding hydrogens is 514 g/mol. The van der Waals surface area contributed by atoms with Gasteiger partial charge in [-0.2, -0.15) is 0 Å². The zero-order valence-electron chi connectivity index (χ0n) is 22.9. The average Bonchev–Trinajstić information content (AvgIpc) is 3.43. The van der Waals surface area contributed by atoms with E-state index in [1.807, 2.05) is 54.6 Å². The van der Waals surface area contributed by atoms with Crippen molar-refractivity contribution in [3.8, 4) is 11.1 Å². The Morgan fingerprint density at radius 2 is 1.26 bits per heavy atom. The predicted molar refractivity (Wildman–Crippen MR) is 176 cm³/mol. The summed E-state index contributed by atoms with van der Waals surface area (Å²) in [5, 5.41) is 4.58. The predicted octanol–water partition coefficient (Wildman–Crippen LogP) is 9.50. The van der Waals surface area contributed by atoms with Crippen molar-refractivity contribution >= 4 is 51.1 Å².